The van der Waals surface area contributed by atoms with Crippen molar-refractivity contribution in [2.24, 2.45) is 0 Å². The maximum absolute atomic E-state index is 11.0. The summed E-state index contributed by atoms with van der Waals surface area (Å²) in [5, 5.41) is 22.2. The van der Waals surface area contributed by atoms with Gasteiger partial charge in [0.1, 0.15) is 0 Å². The molecule has 0 aliphatic rings. The largest absolute Gasteiger partial charge is 0.270 e. The molecule has 0 spiro atoms. The molecule has 25 heavy (non-hydrogen) atoms. The van der Waals surface area contributed by atoms with Crippen LogP contribution in [0, 0.1) is 20.2 Å². The van der Waals surface area contributed by atoms with E-state index in [1.807, 2.05) is 6.07 Å². The molecule has 0 unspecified atom stereocenters. The Morgan fingerprint density at radius 2 is 1.24 bits per heavy atom. The molecule has 0 radical (unpaired) electrons. The lowest BCUT2D eigenvalue weighted by Gasteiger charge is -2.08. The summed E-state index contributed by atoms with van der Waals surface area (Å²) in [5.41, 5.74) is 2.92. The molecule has 0 aliphatic heterocycles. The predicted octanol–water partition coefficient (Wildman–Crippen LogP) is 5.49. The number of benzene rings is 3. The van der Waals surface area contributed by atoms with Crippen LogP contribution in [0.15, 0.2) is 66.7 Å². The molecule has 6 nitrogen and oxygen atoms in total. The molecular weight excluding hydrogens is 344 g/mol. The zero-order valence-electron chi connectivity index (χ0n) is 12.8. The minimum Gasteiger partial charge on any atom is -0.258 e. The van der Waals surface area contributed by atoms with Gasteiger partial charge >= 0.3 is 0 Å². The van der Waals surface area contributed by atoms with Crippen LogP contribution in [0.2, 0.25) is 5.02 Å². The number of hydrogen-bond donors (Lipinski definition) is 0. The third-order valence-electron chi connectivity index (χ3n) is 3.70. The van der Waals surface area contributed by atoms with E-state index in [9.17, 15) is 20.2 Å². The van der Waals surface area contributed by atoms with E-state index in [-0.39, 0.29) is 11.4 Å². The van der Waals surface area contributed by atoms with Crippen LogP contribution < -0.4 is 0 Å². The zero-order chi connectivity index (χ0) is 18.0. The van der Waals surface area contributed by atoms with E-state index in [2.05, 4.69) is 0 Å². The highest BCUT2D eigenvalue weighted by atomic mass is 35.5. The number of nitro benzene ring substituents is 2. The molecule has 3 aromatic carbocycles. The van der Waals surface area contributed by atoms with E-state index in [0.717, 1.165) is 16.7 Å². The first-order valence-electron chi connectivity index (χ1n) is 7.24. The molecular formula is C18H11ClN2O4. The van der Waals surface area contributed by atoms with Gasteiger partial charge in [0.15, 0.2) is 0 Å². The first-order chi connectivity index (χ1) is 11.9. The Balaban J connectivity index is 2.05. The van der Waals surface area contributed by atoms with Crippen LogP contribution in [0.4, 0.5) is 11.4 Å². The van der Waals surface area contributed by atoms with Crippen LogP contribution in [0.3, 0.4) is 0 Å². The number of nitro groups is 2. The van der Waals surface area contributed by atoms with Crippen molar-refractivity contribution in [3.8, 4) is 22.3 Å². The van der Waals surface area contributed by atoms with Crippen LogP contribution in [0.25, 0.3) is 22.3 Å². The second-order valence-corrected chi connectivity index (χ2v) is 5.78. The predicted molar refractivity (Wildman–Crippen MR) is 95.6 cm³/mol. The Morgan fingerprint density at radius 3 is 1.84 bits per heavy atom. The van der Waals surface area contributed by atoms with E-state index < -0.39 is 9.85 Å². The van der Waals surface area contributed by atoms with Crippen molar-refractivity contribution >= 4 is 23.0 Å². The highest BCUT2D eigenvalue weighted by molar-refractivity contribution is 6.31. The van der Waals surface area contributed by atoms with Gasteiger partial charge in [0.05, 0.1) is 9.85 Å². The average molecular weight is 355 g/mol. The van der Waals surface area contributed by atoms with Gasteiger partial charge in [-0.05, 0) is 52.6 Å². The van der Waals surface area contributed by atoms with Gasteiger partial charge < -0.3 is 0 Å². The summed E-state index contributed by atoms with van der Waals surface area (Å²) in [5.74, 6) is 0. The maximum atomic E-state index is 11.0. The van der Waals surface area contributed by atoms with Gasteiger partial charge in [0.25, 0.3) is 11.4 Å². The molecule has 124 valence electrons. The van der Waals surface area contributed by atoms with Gasteiger partial charge in [-0.15, -0.1) is 0 Å². The Morgan fingerprint density at radius 1 is 0.640 bits per heavy atom. The summed E-state index contributed by atoms with van der Waals surface area (Å²) < 4.78 is 0. The van der Waals surface area contributed by atoms with E-state index in [4.69, 9.17) is 11.6 Å². The standard InChI is InChI=1S/C18H11ClN2O4/c19-16-9-14(12-4-6-17(7-5-12)20(22)23)8-15(10-16)13-2-1-3-18(11-13)21(24)25/h1-11H. The number of non-ortho nitro benzene ring substituents is 2. The summed E-state index contributed by atoms with van der Waals surface area (Å²) in [6, 6.07) is 17.7. The van der Waals surface area contributed by atoms with Crippen molar-refractivity contribution in [3.63, 3.8) is 0 Å². The molecule has 0 heterocycles. The van der Waals surface area contributed by atoms with E-state index in [1.165, 1.54) is 24.3 Å². The van der Waals surface area contributed by atoms with Gasteiger partial charge in [-0.2, -0.15) is 0 Å². The Labute approximate surface area is 147 Å². The van der Waals surface area contributed by atoms with Crippen molar-refractivity contribution in [2.45, 2.75) is 0 Å². The van der Waals surface area contributed by atoms with Crippen LogP contribution in [0.1, 0.15) is 0 Å². The molecule has 0 amide bonds. The van der Waals surface area contributed by atoms with Gasteiger partial charge in [0.2, 0.25) is 0 Å². The van der Waals surface area contributed by atoms with E-state index >= 15 is 0 Å². The van der Waals surface area contributed by atoms with E-state index in [1.54, 1.807) is 36.4 Å². The summed E-state index contributed by atoms with van der Waals surface area (Å²) in [6.45, 7) is 0. The quantitative estimate of drug-likeness (QED) is 0.457. The molecule has 0 aromatic heterocycles. The lowest BCUT2D eigenvalue weighted by molar-refractivity contribution is -0.385. The fourth-order valence-corrected chi connectivity index (χ4v) is 2.73. The first-order valence-corrected chi connectivity index (χ1v) is 7.62. The normalized spacial score (nSPS) is 10.4. The Hall–Kier alpha value is -3.25. The fourth-order valence-electron chi connectivity index (χ4n) is 2.50. The van der Waals surface area contributed by atoms with Gasteiger partial charge in [-0.3, -0.25) is 20.2 Å². The lowest BCUT2D eigenvalue weighted by Crippen LogP contribution is -1.89. The Bertz CT molecular complexity index is 971. The highest BCUT2D eigenvalue weighted by Crippen LogP contribution is 2.32. The van der Waals surface area contributed by atoms with Crippen molar-refractivity contribution in [3.05, 3.63) is 92.0 Å². The van der Waals surface area contributed by atoms with Crippen LogP contribution in [-0.4, -0.2) is 9.85 Å². The minimum atomic E-state index is -0.462. The van der Waals surface area contributed by atoms with E-state index in [0.29, 0.717) is 10.6 Å². The number of halogens is 1. The fraction of sp³-hybridized carbons (Fsp3) is 0. The maximum Gasteiger partial charge on any atom is 0.270 e. The number of rotatable bonds is 4. The summed E-state index contributed by atoms with van der Waals surface area (Å²) in [4.78, 5) is 20.8. The molecule has 0 fully saturated rings. The van der Waals surface area contributed by atoms with Crippen LogP contribution in [-0.2, 0) is 0 Å². The van der Waals surface area contributed by atoms with Gasteiger partial charge in [-0.1, -0.05) is 23.7 Å². The topological polar surface area (TPSA) is 86.3 Å². The Kier molecular flexibility index (Phi) is 4.45. The molecule has 3 aromatic rings. The SMILES string of the molecule is O=[N+]([O-])c1ccc(-c2cc(Cl)cc(-c3cccc([N+](=O)[O-])c3)c2)cc1. The molecule has 3 rings (SSSR count). The second-order valence-electron chi connectivity index (χ2n) is 5.34. The molecule has 0 bridgehead atoms. The first kappa shape index (κ1) is 16.6. The summed E-state index contributed by atoms with van der Waals surface area (Å²) in [6.07, 6.45) is 0. The van der Waals surface area contributed by atoms with Gasteiger partial charge in [-0.25, -0.2) is 0 Å². The molecule has 0 N–H and O–H groups in total. The average Bonchev–Trinajstić information content (AvgIpc) is 2.61. The molecule has 0 saturated carbocycles. The monoisotopic (exact) mass is 354 g/mol. The summed E-state index contributed by atoms with van der Waals surface area (Å²) >= 11 is 6.19. The van der Waals surface area contributed by atoms with Crippen LogP contribution >= 0.6 is 11.6 Å². The zero-order valence-corrected chi connectivity index (χ0v) is 13.5. The van der Waals surface area contributed by atoms with Crippen molar-refractivity contribution in [1.29, 1.82) is 0 Å². The van der Waals surface area contributed by atoms with Crippen molar-refractivity contribution < 1.29 is 9.85 Å². The second kappa shape index (κ2) is 6.70. The highest BCUT2D eigenvalue weighted by Gasteiger charge is 2.10. The number of nitrogens with zero attached hydrogens (tertiary/aromatic N) is 2. The smallest absolute Gasteiger partial charge is 0.258 e. The third kappa shape index (κ3) is 3.64. The molecule has 0 saturated heterocycles. The summed E-state index contributed by atoms with van der Waals surface area (Å²) in [7, 11) is 0. The van der Waals surface area contributed by atoms with Crippen LogP contribution in [0.5, 0.6) is 0 Å². The molecule has 0 atom stereocenters. The van der Waals surface area contributed by atoms with Crippen molar-refractivity contribution in [2.75, 3.05) is 0 Å². The third-order valence-corrected chi connectivity index (χ3v) is 3.92. The minimum absolute atomic E-state index is 0.00434. The molecule has 7 heteroatoms. The van der Waals surface area contributed by atoms with Crippen molar-refractivity contribution in [1.82, 2.24) is 0 Å². The molecule has 0 aliphatic carbocycles. The lowest BCUT2D eigenvalue weighted by atomic mass is 9.98. The number of hydrogen-bond acceptors (Lipinski definition) is 4. The van der Waals surface area contributed by atoms with Gasteiger partial charge in [0, 0.05) is 29.3 Å².